The Hall–Kier alpha value is -2.55. The highest BCUT2D eigenvalue weighted by atomic mass is 32.1. The number of anilines is 1. The highest BCUT2D eigenvalue weighted by molar-refractivity contribution is 7.17. The fraction of sp³-hybridized carbons (Fsp3) is 0.318. The molecule has 8 heteroatoms. The van der Waals surface area contributed by atoms with Gasteiger partial charge in [0.1, 0.15) is 10.7 Å². The van der Waals surface area contributed by atoms with Gasteiger partial charge in [-0.05, 0) is 38.4 Å². The van der Waals surface area contributed by atoms with Gasteiger partial charge in [-0.15, -0.1) is 22.7 Å². The summed E-state index contributed by atoms with van der Waals surface area (Å²) >= 11 is 2.94. The van der Waals surface area contributed by atoms with Crippen molar-refractivity contribution in [2.75, 3.05) is 25.5 Å². The van der Waals surface area contributed by atoms with E-state index in [1.165, 1.54) is 22.7 Å². The maximum Gasteiger partial charge on any atom is 0.341 e. The van der Waals surface area contributed by atoms with Gasteiger partial charge < -0.3 is 15.0 Å². The van der Waals surface area contributed by atoms with Crippen molar-refractivity contribution in [1.29, 1.82) is 0 Å². The van der Waals surface area contributed by atoms with E-state index in [1.54, 1.807) is 6.92 Å². The Balaban J connectivity index is 1.70. The largest absolute Gasteiger partial charge is 0.462 e. The second kappa shape index (κ2) is 8.67. The molecule has 0 radical (unpaired) electrons. The van der Waals surface area contributed by atoms with Crippen LogP contribution in [0.15, 0.2) is 30.3 Å². The number of hydrogen-bond donors (Lipinski definition) is 1. The molecule has 1 aromatic carbocycles. The second-order valence-electron chi connectivity index (χ2n) is 7.15. The van der Waals surface area contributed by atoms with Crippen LogP contribution in [0.1, 0.15) is 43.2 Å². The van der Waals surface area contributed by atoms with Crippen LogP contribution in [-0.2, 0) is 17.7 Å². The first-order chi connectivity index (χ1) is 14.5. The monoisotopic (exact) mass is 441 g/mol. The molecule has 3 heterocycles. The van der Waals surface area contributed by atoms with Crippen molar-refractivity contribution in [3.8, 4) is 10.4 Å². The fourth-order valence-corrected chi connectivity index (χ4v) is 5.80. The summed E-state index contributed by atoms with van der Waals surface area (Å²) in [5, 5.41) is 4.33. The number of thiazole rings is 1. The van der Waals surface area contributed by atoms with E-state index in [0.717, 1.165) is 45.4 Å². The number of benzene rings is 1. The lowest BCUT2D eigenvalue weighted by Gasteiger charge is -2.22. The lowest BCUT2D eigenvalue weighted by molar-refractivity contribution is 0.0526. The Labute approximate surface area is 183 Å². The SMILES string of the molecule is CCOC(=O)c1c(NC(=O)c2nc(C)sc2-c2ccccc2)sc2c1CCN(C)C2. The number of carbonyl (C=O) groups excluding carboxylic acids is 2. The number of carbonyl (C=O) groups is 2. The number of likely N-dealkylation sites (N-methyl/N-ethyl adjacent to an activating group) is 1. The van der Waals surface area contributed by atoms with Crippen LogP contribution in [-0.4, -0.2) is 42.0 Å². The first kappa shape index (κ1) is 20.7. The maximum absolute atomic E-state index is 13.2. The summed E-state index contributed by atoms with van der Waals surface area (Å²) in [4.78, 5) is 34.5. The normalized spacial score (nSPS) is 13.7. The van der Waals surface area contributed by atoms with Gasteiger partial charge in [0.15, 0.2) is 0 Å². The molecule has 3 aromatic rings. The number of nitrogens with one attached hydrogen (secondary N) is 1. The molecule has 30 heavy (non-hydrogen) atoms. The fourth-order valence-electron chi connectivity index (χ4n) is 3.57. The number of amides is 1. The molecule has 6 nitrogen and oxygen atoms in total. The minimum atomic E-state index is -0.382. The molecule has 0 spiro atoms. The van der Waals surface area contributed by atoms with Crippen LogP contribution in [0.5, 0.6) is 0 Å². The van der Waals surface area contributed by atoms with E-state index in [9.17, 15) is 9.59 Å². The third-order valence-corrected chi connectivity index (χ3v) is 7.09. The molecule has 0 saturated carbocycles. The predicted molar refractivity (Wildman–Crippen MR) is 121 cm³/mol. The van der Waals surface area contributed by atoms with E-state index < -0.39 is 0 Å². The average molecular weight is 442 g/mol. The standard InChI is InChI=1S/C22H23N3O3S2/c1-4-28-22(27)17-15-10-11-25(3)12-16(15)30-21(17)24-20(26)18-19(29-13(2)23-18)14-8-6-5-7-9-14/h5-9H,4,10-12H2,1-3H3,(H,24,26). The smallest absolute Gasteiger partial charge is 0.341 e. The number of rotatable bonds is 5. The Kier molecular flexibility index (Phi) is 5.99. The summed E-state index contributed by atoms with van der Waals surface area (Å²) in [5.74, 6) is -0.691. The number of aryl methyl sites for hydroxylation is 1. The van der Waals surface area contributed by atoms with E-state index in [4.69, 9.17) is 4.74 Å². The van der Waals surface area contributed by atoms with Gasteiger partial charge in [-0.1, -0.05) is 30.3 Å². The zero-order valence-electron chi connectivity index (χ0n) is 17.2. The van der Waals surface area contributed by atoms with Gasteiger partial charge in [-0.25, -0.2) is 9.78 Å². The molecule has 0 fully saturated rings. The van der Waals surface area contributed by atoms with Crippen molar-refractivity contribution < 1.29 is 14.3 Å². The molecule has 1 N–H and O–H groups in total. The van der Waals surface area contributed by atoms with Crippen LogP contribution in [0.3, 0.4) is 0 Å². The molecule has 1 aliphatic heterocycles. The lowest BCUT2D eigenvalue weighted by Crippen LogP contribution is -2.26. The van der Waals surface area contributed by atoms with Crippen molar-refractivity contribution in [3.05, 3.63) is 57.0 Å². The van der Waals surface area contributed by atoms with Gasteiger partial charge in [-0.3, -0.25) is 4.79 Å². The molecule has 156 valence electrons. The summed E-state index contributed by atoms with van der Waals surface area (Å²) in [6, 6.07) is 9.75. The number of aromatic nitrogens is 1. The first-order valence-electron chi connectivity index (χ1n) is 9.82. The molecular formula is C22H23N3O3S2. The number of esters is 1. The molecule has 1 amide bonds. The first-order valence-corrected chi connectivity index (χ1v) is 11.5. The zero-order valence-corrected chi connectivity index (χ0v) is 18.8. The van der Waals surface area contributed by atoms with E-state index in [0.29, 0.717) is 22.9 Å². The van der Waals surface area contributed by atoms with Gasteiger partial charge in [0, 0.05) is 18.0 Å². The zero-order chi connectivity index (χ0) is 21.3. The Morgan fingerprint density at radius 1 is 1.23 bits per heavy atom. The van der Waals surface area contributed by atoms with Crippen molar-refractivity contribution in [3.63, 3.8) is 0 Å². The molecule has 0 unspecified atom stereocenters. The number of hydrogen-bond acceptors (Lipinski definition) is 7. The number of fused-ring (bicyclic) bond motifs is 1. The molecule has 2 aromatic heterocycles. The molecule has 0 atom stereocenters. The lowest BCUT2D eigenvalue weighted by atomic mass is 10.0. The topological polar surface area (TPSA) is 71.5 Å². The maximum atomic E-state index is 13.2. The molecular weight excluding hydrogens is 418 g/mol. The quantitative estimate of drug-likeness (QED) is 0.586. The molecule has 1 aliphatic rings. The van der Waals surface area contributed by atoms with Crippen molar-refractivity contribution >= 4 is 39.6 Å². The van der Waals surface area contributed by atoms with E-state index in [2.05, 4.69) is 22.2 Å². The van der Waals surface area contributed by atoms with Gasteiger partial charge in [0.25, 0.3) is 5.91 Å². The van der Waals surface area contributed by atoms with Gasteiger partial charge in [-0.2, -0.15) is 0 Å². The number of ether oxygens (including phenoxy) is 1. The van der Waals surface area contributed by atoms with Crippen molar-refractivity contribution in [2.45, 2.75) is 26.8 Å². The van der Waals surface area contributed by atoms with Crippen LogP contribution in [0, 0.1) is 6.92 Å². The second-order valence-corrected chi connectivity index (χ2v) is 9.46. The molecule has 4 rings (SSSR count). The molecule has 0 aliphatic carbocycles. The molecule has 0 saturated heterocycles. The van der Waals surface area contributed by atoms with Crippen molar-refractivity contribution in [1.82, 2.24) is 9.88 Å². The van der Waals surface area contributed by atoms with Gasteiger partial charge >= 0.3 is 5.97 Å². The Morgan fingerprint density at radius 3 is 2.73 bits per heavy atom. The van der Waals surface area contributed by atoms with Gasteiger partial charge in [0.2, 0.25) is 0 Å². The summed E-state index contributed by atoms with van der Waals surface area (Å²) < 4.78 is 5.29. The Bertz CT molecular complexity index is 1090. The van der Waals surface area contributed by atoms with Crippen LogP contribution < -0.4 is 5.32 Å². The van der Waals surface area contributed by atoms with E-state index >= 15 is 0 Å². The third kappa shape index (κ3) is 4.03. The third-order valence-electron chi connectivity index (χ3n) is 4.94. The highest BCUT2D eigenvalue weighted by Gasteiger charge is 2.29. The predicted octanol–water partition coefficient (Wildman–Crippen LogP) is 4.60. The summed E-state index contributed by atoms with van der Waals surface area (Å²) in [5.41, 5.74) is 2.81. The minimum absolute atomic E-state index is 0.292. The average Bonchev–Trinajstić information content (AvgIpc) is 3.28. The summed E-state index contributed by atoms with van der Waals surface area (Å²) in [6.07, 6.45) is 0.761. The van der Waals surface area contributed by atoms with E-state index in [1.807, 2.05) is 37.3 Å². The minimum Gasteiger partial charge on any atom is -0.462 e. The Morgan fingerprint density at radius 2 is 2.00 bits per heavy atom. The summed E-state index contributed by atoms with van der Waals surface area (Å²) in [6.45, 7) is 5.59. The number of thiophene rings is 1. The van der Waals surface area contributed by atoms with Crippen LogP contribution in [0.25, 0.3) is 10.4 Å². The van der Waals surface area contributed by atoms with Crippen LogP contribution in [0.2, 0.25) is 0 Å². The molecule has 0 bridgehead atoms. The summed E-state index contributed by atoms with van der Waals surface area (Å²) in [7, 11) is 2.05. The van der Waals surface area contributed by atoms with E-state index in [-0.39, 0.29) is 11.9 Å². The van der Waals surface area contributed by atoms with Crippen LogP contribution >= 0.6 is 22.7 Å². The van der Waals surface area contributed by atoms with Gasteiger partial charge in [0.05, 0.1) is 22.1 Å². The van der Waals surface area contributed by atoms with Crippen LogP contribution in [0.4, 0.5) is 5.00 Å². The highest BCUT2D eigenvalue weighted by Crippen LogP contribution is 2.38. The van der Waals surface area contributed by atoms with Crippen molar-refractivity contribution in [2.24, 2.45) is 0 Å². The number of nitrogens with zero attached hydrogens (tertiary/aromatic N) is 2.